The number of furan rings is 1. The van der Waals surface area contributed by atoms with E-state index in [0.29, 0.717) is 23.2 Å². The van der Waals surface area contributed by atoms with Crippen LogP contribution in [0.1, 0.15) is 29.2 Å². The standard InChI is InChI=1S/C18H19N5O2S/c24-17(23-11-1-4-14(23)12-22-10-3-9-21-22)16-6-5-15(25-16)13-26-18-19-7-2-8-20-18/h2-3,5-10,14H,1,4,11-13H2. The second-order valence-corrected chi connectivity index (χ2v) is 7.05. The molecule has 0 radical (unpaired) electrons. The molecule has 1 aliphatic rings. The number of hydrogen-bond donors (Lipinski definition) is 0. The Morgan fingerprint density at radius 2 is 2.12 bits per heavy atom. The van der Waals surface area contributed by atoms with Crippen molar-refractivity contribution in [1.82, 2.24) is 24.6 Å². The van der Waals surface area contributed by atoms with E-state index in [0.717, 1.165) is 25.1 Å². The minimum atomic E-state index is -0.0492. The van der Waals surface area contributed by atoms with E-state index < -0.39 is 0 Å². The lowest BCUT2D eigenvalue weighted by Gasteiger charge is -2.23. The fraction of sp³-hybridized carbons (Fsp3) is 0.333. The van der Waals surface area contributed by atoms with Gasteiger partial charge in [-0.1, -0.05) is 11.8 Å². The van der Waals surface area contributed by atoms with Crippen LogP contribution in [-0.2, 0) is 12.3 Å². The molecule has 1 unspecified atom stereocenters. The molecule has 0 bridgehead atoms. The van der Waals surface area contributed by atoms with E-state index in [-0.39, 0.29) is 11.9 Å². The van der Waals surface area contributed by atoms with E-state index in [4.69, 9.17) is 4.42 Å². The van der Waals surface area contributed by atoms with Crippen LogP contribution in [0.5, 0.6) is 0 Å². The first-order chi connectivity index (χ1) is 12.8. The first-order valence-electron chi connectivity index (χ1n) is 8.56. The van der Waals surface area contributed by atoms with Gasteiger partial charge >= 0.3 is 0 Å². The van der Waals surface area contributed by atoms with Crippen molar-refractivity contribution in [1.29, 1.82) is 0 Å². The van der Waals surface area contributed by atoms with Crippen LogP contribution in [0.2, 0.25) is 0 Å². The first-order valence-corrected chi connectivity index (χ1v) is 9.55. The van der Waals surface area contributed by atoms with Crippen LogP contribution >= 0.6 is 11.8 Å². The Morgan fingerprint density at radius 3 is 2.92 bits per heavy atom. The van der Waals surface area contributed by atoms with Crippen molar-refractivity contribution < 1.29 is 9.21 Å². The van der Waals surface area contributed by atoms with Gasteiger partial charge in [0.15, 0.2) is 10.9 Å². The Kier molecular flexibility index (Phi) is 5.01. The maximum Gasteiger partial charge on any atom is 0.289 e. The number of thioether (sulfide) groups is 1. The van der Waals surface area contributed by atoms with E-state index >= 15 is 0 Å². The van der Waals surface area contributed by atoms with E-state index in [1.54, 1.807) is 30.7 Å². The SMILES string of the molecule is O=C(c1ccc(CSc2ncccn2)o1)N1CCCC1Cn1cccn1. The molecule has 1 saturated heterocycles. The normalized spacial score (nSPS) is 16.9. The predicted molar refractivity (Wildman–Crippen MR) is 96.6 cm³/mol. The highest BCUT2D eigenvalue weighted by Crippen LogP contribution is 2.24. The zero-order valence-corrected chi connectivity index (χ0v) is 15.0. The maximum atomic E-state index is 12.8. The summed E-state index contributed by atoms with van der Waals surface area (Å²) >= 11 is 1.48. The van der Waals surface area contributed by atoms with Crippen molar-refractivity contribution in [2.24, 2.45) is 0 Å². The molecule has 0 aliphatic carbocycles. The summed E-state index contributed by atoms with van der Waals surface area (Å²) < 4.78 is 7.65. The summed E-state index contributed by atoms with van der Waals surface area (Å²) in [5, 5.41) is 4.93. The second kappa shape index (κ2) is 7.74. The van der Waals surface area contributed by atoms with Gasteiger partial charge in [-0.2, -0.15) is 5.10 Å². The molecular formula is C18H19N5O2S. The second-order valence-electron chi connectivity index (χ2n) is 6.11. The van der Waals surface area contributed by atoms with Crippen molar-refractivity contribution in [3.05, 3.63) is 60.6 Å². The third-order valence-electron chi connectivity index (χ3n) is 4.35. The van der Waals surface area contributed by atoms with Gasteiger partial charge in [-0.25, -0.2) is 9.97 Å². The highest BCUT2D eigenvalue weighted by molar-refractivity contribution is 7.98. The molecule has 134 valence electrons. The number of carbonyl (C=O) groups excluding carboxylic acids is 1. The molecule has 4 heterocycles. The number of carbonyl (C=O) groups is 1. The Hall–Kier alpha value is -2.61. The number of amides is 1. The van der Waals surface area contributed by atoms with Gasteiger partial charge < -0.3 is 9.32 Å². The lowest BCUT2D eigenvalue weighted by Crippen LogP contribution is -2.38. The van der Waals surface area contributed by atoms with E-state index in [1.165, 1.54) is 11.8 Å². The van der Waals surface area contributed by atoms with Gasteiger partial charge in [-0.05, 0) is 37.1 Å². The maximum absolute atomic E-state index is 12.8. The number of nitrogens with zero attached hydrogens (tertiary/aromatic N) is 5. The van der Waals surface area contributed by atoms with Gasteiger partial charge in [0.1, 0.15) is 5.76 Å². The van der Waals surface area contributed by atoms with Gasteiger partial charge in [-0.3, -0.25) is 9.48 Å². The molecular weight excluding hydrogens is 350 g/mol. The summed E-state index contributed by atoms with van der Waals surface area (Å²) in [5.41, 5.74) is 0. The minimum Gasteiger partial charge on any atom is -0.455 e. The summed E-state index contributed by atoms with van der Waals surface area (Å²) in [6.07, 6.45) is 9.09. The first kappa shape index (κ1) is 16.8. The Labute approximate surface area is 155 Å². The quantitative estimate of drug-likeness (QED) is 0.491. The highest BCUT2D eigenvalue weighted by atomic mass is 32.2. The van der Waals surface area contributed by atoms with Crippen LogP contribution in [0.3, 0.4) is 0 Å². The molecule has 3 aromatic rings. The van der Waals surface area contributed by atoms with Crippen molar-refractivity contribution in [3.8, 4) is 0 Å². The van der Waals surface area contributed by atoms with E-state index in [1.807, 2.05) is 27.9 Å². The summed E-state index contributed by atoms with van der Waals surface area (Å²) in [6.45, 7) is 1.47. The molecule has 3 aromatic heterocycles. The lowest BCUT2D eigenvalue weighted by molar-refractivity contribution is 0.0688. The average molecular weight is 369 g/mol. The van der Waals surface area contributed by atoms with Gasteiger partial charge in [0.2, 0.25) is 0 Å². The fourth-order valence-corrected chi connectivity index (χ4v) is 3.82. The minimum absolute atomic E-state index is 0.0492. The molecule has 0 saturated carbocycles. The van der Waals surface area contributed by atoms with Gasteiger partial charge in [0.05, 0.1) is 18.3 Å². The van der Waals surface area contributed by atoms with Crippen molar-refractivity contribution in [2.75, 3.05) is 6.54 Å². The largest absolute Gasteiger partial charge is 0.455 e. The molecule has 8 heteroatoms. The summed E-state index contributed by atoms with van der Waals surface area (Å²) in [7, 11) is 0. The number of rotatable bonds is 6. The van der Waals surface area contributed by atoms with Crippen LogP contribution < -0.4 is 0 Å². The van der Waals surface area contributed by atoms with E-state index in [2.05, 4.69) is 15.1 Å². The summed E-state index contributed by atoms with van der Waals surface area (Å²) in [4.78, 5) is 23.1. The van der Waals surface area contributed by atoms with Gasteiger partial charge in [0.25, 0.3) is 5.91 Å². The van der Waals surface area contributed by atoms with Crippen LogP contribution in [-0.4, -0.2) is 43.1 Å². The van der Waals surface area contributed by atoms with Crippen molar-refractivity contribution in [2.45, 2.75) is 36.3 Å². The van der Waals surface area contributed by atoms with Crippen LogP contribution in [0.15, 0.2) is 58.6 Å². The zero-order chi connectivity index (χ0) is 17.8. The highest BCUT2D eigenvalue weighted by Gasteiger charge is 2.31. The molecule has 1 atom stereocenters. The molecule has 7 nitrogen and oxygen atoms in total. The molecule has 4 rings (SSSR count). The molecule has 1 aliphatic heterocycles. The van der Waals surface area contributed by atoms with E-state index in [9.17, 15) is 4.79 Å². The molecule has 26 heavy (non-hydrogen) atoms. The Morgan fingerprint density at radius 1 is 1.23 bits per heavy atom. The lowest BCUT2D eigenvalue weighted by atomic mass is 10.2. The smallest absolute Gasteiger partial charge is 0.289 e. The summed E-state index contributed by atoms with van der Waals surface area (Å²) in [5.74, 6) is 1.68. The molecule has 1 amide bonds. The fourth-order valence-electron chi connectivity index (χ4n) is 3.12. The van der Waals surface area contributed by atoms with Crippen molar-refractivity contribution >= 4 is 17.7 Å². The predicted octanol–water partition coefficient (Wildman–Crippen LogP) is 2.86. The third kappa shape index (κ3) is 3.80. The zero-order valence-electron chi connectivity index (χ0n) is 14.2. The van der Waals surface area contributed by atoms with Crippen LogP contribution in [0.25, 0.3) is 0 Å². The Bertz CT molecular complexity index is 850. The van der Waals surface area contributed by atoms with Crippen LogP contribution in [0.4, 0.5) is 0 Å². The Balaban J connectivity index is 1.39. The number of hydrogen-bond acceptors (Lipinski definition) is 6. The van der Waals surface area contributed by atoms with Gasteiger partial charge in [0, 0.05) is 31.3 Å². The monoisotopic (exact) mass is 369 g/mol. The molecule has 0 aromatic carbocycles. The molecule has 0 N–H and O–H groups in total. The number of likely N-dealkylation sites (tertiary alicyclic amines) is 1. The van der Waals surface area contributed by atoms with Crippen LogP contribution in [0, 0.1) is 0 Å². The molecule has 0 spiro atoms. The average Bonchev–Trinajstić information content (AvgIpc) is 3.43. The number of aromatic nitrogens is 4. The van der Waals surface area contributed by atoms with Crippen molar-refractivity contribution in [3.63, 3.8) is 0 Å². The topological polar surface area (TPSA) is 77.0 Å². The van der Waals surface area contributed by atoms with Gasteiger partial charge in [-0.15, -0.1) is 0 Å². The third-order valence-corrected chi connectivity index (χ3v) is 5.25. The summed E-state index contributed by atoms with van der Waals surface area (Å²) in [6, 6.07) is 7.44. The molecule has 1 fully saturated rings.